The third-order valence-electron chi connectivity index (χ3n) is 4.37. The molecule has 0 heterocycles. The molecule has 1 aliphatic carbocycles. The number of aryl methyl sites for hydroxylation is 1. The van der Waals surface area contributed by atoms with Crippen LogP contribution in [0.3, 0.4) is 0 Å². The van der Waals surface area contributed by atoms with Gasteiger partial charge in [-0.3, -0.25) is 0 Å². The molecule has 1 N–H and O–H groups in total. The first kappa shape index (κ1) is 16.9. The largest absolute Gasteiger partial charge is 0.313 e. The maximum Gasteiger partial charge on any atom is 0.0198 e. The number of hydrogen-bond donors (Lipinski definition) is 1. The van der Waals surface area contributed by atoms with Gasteiger partial charge in [-0.15, -0.1) is 0 Å². The van der Waals surface area contributed by atoms with Gasteiger partial charge in [-0.05, 0) is 44.7 Å². The van der Waals surface area contributed by atoms with Crippen LogP contribution in [0, 0.1) is 6.92 Å². The van der Waals surface area contributed by atoms with Gasteiger partial charge >= 0.3 is 0 Å². The lowest BCUT2D eigenvalue weighted by Gasteiger charge is -2.25. The van der Waals surface area contributed by atoms with Gasteiger partial charge in [0, 0.05) is 17.0 Å². The van der Waals surface area contributed by atoms with Gasteiger partial charge in [0.15, 0.2) is 0 Å². The highest BCUT2D eigenvalue weighted by atomic mass is 32.2. The summed E-state index contributed by atoms with van der Waals surface area (Å²) >= 11 is 2.22. The van der Waals surface area contributed by atoms with E-state index in [0.29, 0.717) is 6.04 Å². The van der Waals surface area contributed by atoms with Gasteiger partial charge < -0.3 is 5.32 Å². The van der Waals surface area contributed by atoms with E-state index in [-0.39, 0.29) is 0 Å². The Hall–Kier alpha value is -0.470. The van der Waals surface area contributed by atoms with Gasteiger partial charge in [0.1, 0.15) is 0 Å². The van der Waals surface area contributed by atoms with Gasteiger partial charge in [0.2, 0.25) is 0 Å². The summed E-state index contributed by atoms with van der Waals surface area (Å²) in [5, 5.41) is 4.67. The molecule has 1 atom stereocenters. The van der Waals surface area contributed by atoms with Crippen LogP contribution < -0.4 is 5.32 Å². The Kier molecular flexibility index (Phi) is 7.66. The molecule has 1 nitrogen and oxygen atoms in total. The third kappa shape index (κ3) is 6.44. The van der Waals surface area contributed by atoms with E-state index < -0.39 is 0 Å². The lowest BCUT2D eigenvalue weighted by Crippen LogP contribution is -2.34. The Bertz CT molecular complexity index is 381. The molecule has 2 heteroatoms. The number of rotatable bonds is 8. The van der Waals surface area contributed by atoms with E-state index in [1.165, 1.54) is 61.8 Å². The first-order valence-electron chi connectivity index (χ1n) is 8.68. The number of hydrogen-bond acceptors (Lipinski definition) is 2. The summed E-state index contributed by atoms with van der Waals surface area (Å²) in [6, 6.07) is 9.68. The van der Waals surface area contributed by atoms with Crippen LogP contribution in [0.4, 0.5) is 0 Å². The molecule has 1 aromatic rings. The second-order valence-corrected chi connectivity index (χ2v) is 7.77. The summed E-state index contributed by atoms with van der Waals surface area (Å²) in [5.41, 5.74) is 2.83. The molecule has 0 amide bonds. The maximum absolute atomic E-state index is 3.75. The molecule has 2 rings (SSSR count). The summed E-state index contributed by atoms with van der Waals surface area (Å²) in [5.74, 6) is 1.26. The van der Waals surface area contributed by atoms with Crippen molar-refractivity contribution in [1.82, 2.24) is 5.32 Å². The van der Waals surface area contributed by atoms with Gasteiger partial charge in [-0.2, -0.15) is 11.8 Å². The normalized spacial score (nSPS) is 17.8. The standard InChI is InChI=1S/C19H31NS/c1-3-13-20-18(14-17-11-9-16(2)10-12-17)15-21-19-7-5-4-6-8-19/h9-12,18-20H,3-8,13-15H2,1-2H3. The Morgan fingerprint density at radius 3 is 2.52 bits per heavy atom. The molecule has 118 valence electrons. The molecule has 0 radical (unpaired) electrons. The number of thioether (sulfide) groups is 1. The summed E-state index contributed by atoms with van der Waals surface area (Å²) in [6.07, 6.45) is 9.62. The molecule has 1 aliphatic rings. The van der Waals surface area contributed by atoms with Crippen LogP contribution in [-0.2, 0) is 6.42 Å². The van der Waals surface area contributed by atoms with Crippen molar-refractivity contribution in [3.8, 4) is 0 Å². The van der Waals surface area contributed by atoms with E-state index in [1.807, 2.05) is 0 Å². The highest BCUT2D eigenvalue weighted by Crippen LogP contribution is 2.28. The first-order valence-corrected chi connectivity index (χ1v) is 9.73. The topological polar surface area (TPSA) is 12.0 Å². The van der Waals surface area contributed by atoms with Crippen LogP contribution in [0.25, 0.3) is 0 Å². The SMILES string of the molecule is CCCNC(CSC1CCCCC1)Cc1ccc(C)cc1. The van der Waals surface area contributed by atoms with Gasteiger partial charge in [0.05, 0.1) is 0 Å². The molecule has 0 bridgehead atoms. The van der Waals surface area contributed by atoms with Gasteiger partial charge in [-0.25, -0.2) is 0 Å². The molecule has 0 aliphatic heterocycles. The summed E-state index contributed by atoms with van der Waals surface area (Å²) in [4.78, 5) is 0. The molecule has 0 spiro atoms. The minimum absolute atomic E-state index is 0.625. The van der Waals surface area contributed by atoms with Crippen molar-refractivity contribution < 1.29 is 0 Å². The highest BCUT2D eigenvalue weighted by Gasteiger charge is 2.16. The van der Waals surface area contributed by atoms with E-state index in [1.54, 1.807) is 0 Å². The Morgan fingerprint density at radius 1 is 1.14 bits per heavy atom. The molecule has 1 aromatic carbocycles. The Balaban J connectivity index is 1.82. The van der Waals surface area contributed by atoms with Crippen molar-refractivity contribution in [3.63, 3.8) is 0 Å². The van der Waals surface area contributed by atoms with Gasteiger partial charge in [-0.1, -0.05) is 56.0 Å². The van der Waals surface area contributed by atoms with Crippen LogP contribution >= 0.6 is 11.8 Å². The van der Waals surface area contributed by atoms with Crippen LogP contribution in [0.2, 0.25) is 0 Å². The van der Waals surface area contributed by atoms with E-state index in [9.17, 15) is 0 Å². The molecule has 1 unspecified atom stereocenters. The third-order valence-corrected chi connectivity index (χ3v) is 5.91. The predicted molar refractivity (Wildman–Crippen MR) is 96.3 cm³/mol. The maximum atomic E-state index is 3.75. The molecule has 1 fully saturated rings. The molecular weight excluding hydrogens is 274 g/mol. The van der Waals surface area contributed by atoms with E-state index >= 15 is 0 Å². The molecule has 21 heavy (non-hydrogen) atoms. The van der Waals surface area contributed by atoms with Crippen molar-refractivity contribution in [1.29, 1.82) is 0 Å². The minimum atomic E-state index is 0.625. The van der Waals surface area contributed by atoms with Crippen LogP contribution in [0.1, 0.15) is 56.6 Å². The van der Waals surface area contributed by atoms with Crippen LogP contribution in [-0.4, -0.2) is 23.6 Å². The van der Waals surface area contributed by atoms with E-state index in [4.69, 9.17) is 0 Å². The fourth-order valence-electron chi connectivity index (χ4n) is 3.03. The molecule has 0 saturated heterocycles. The molecule has 1 saturated carbocycles. The van der Waals surface area contributed by atoms with Gasteiger partial charge in [0.25, 0.3) is 0 Å². The Labute approximate surface area is 135 Å². The molecule has 0 aromatic heterocycles. The van der Waals surface area contributed by atoms with Crippen LogP contribution in [0.15, 0.2) is 24.3 Å². The van der Waals surface area contributed by atoms with Crippen molar-refractivity contribution in [2.75, 3.05) is 12.3 Å². The highest BCUT2D eigenvalue weighted by molar-refractivity contribution is 7.99. The fourth-order valence-corrected chi connectivity index (χ4v) is 4.44. The predicted octanol–water partition coefficient (Wildman–Crippen LogP) is 4.97. The van der Waals surface area contributed by atoms with E-state index in [2.05, 4.69) is 55.2 Å². The lowest BCUT2D eigenvalue weighted by molar-refractivity contribution is 0.511. The quantitative estimate of drug-likeness (QED) is 0.727. The smallest absolute Gasteiger partial charge is 0.0198 e. The number of nitrogens with one attached hydrogen (secondary N) is 1. The van der Waals surface area contributed by atoms with Crippen LogP contribution in [0.5, 0.6) is 0 Å². The zero-order valence-electron chi connectivity index (χ0n) is 13.7. The molecular formula is C19H31NS. The summed E-state index contributed by atoms with van der Waals surface area (Å²) in [7, 11) is 0. The second-order valence-electron chi connectivity index (χ2n) is 6.43. The van der Waals surface area contributed by atoms with Crippen molar-refractivity contribution in [3.05, 3.63) is 35.4 Å². The number of benzene rings is 1. The van der Waals surface area contributed by atoms with E-state index in [0.717, 1.165) is 11.8 Å². The summed E-state index contributed by atoms with van der Waals surface area (Å²) < 4.78 is 0. The summed E-state index contributed by atoms with van der Waals surface area (Å²) in [6.45, 7) is 5.56. The zero-order valence-corrected chi connectivity index (χ0v) is 14.6. The van der Waals surface area contributed by atoms with Crippen molar-refractivity contribution in [2.24, 2.45) is 0 Å². The minimum Gasteiger partial charge on any atom is -0.313 e. The van der Waals surface area contributed by atoms with Crippen molar-refractivity contribution in [2.45, 2.75) is 70.1 Å². The average molecular weight is 306 g/mol. The van der Waals surface area contributed by atoms with Crippen molar-refractivity contribution >= 4 is 11.8 Å². The fraction of sp³-hybridized carbons (Fsp3) is 0.684. The second kappa shape index (κ2) is 9.53. The average Bonchev–Trinajstić information content (AvgIpc) is 2.53. The first-order chi connectivity index (χ1) is 10.3. The monoisotopic (exact) mass is 305 g/mol. The zero-order chi connectivity index (χ0) is 14.9. The Morgan fingerprint density at radius 2 is 1.86 bits per heavy atom. The lowest BCUT2D eigenvalue weighted by atomic mass is 10.0.